The van der Waals surface area contributed by atoms with Crippen LogP contribution in [0, 0.1) is 29.1 Å². The van der Waals surface area contributed by atoms with Gasteiger partial charge in [0, 0.05) is 30.8 Å². The molecular weight excluding hydrogens is 397 g/mol. The first-order valence-electron chi connectivity index (χ1n) is 8.69. The van der Waals surface area contributed by atoms with Crippen LogP contribution in [0.5, 0.6) is 5.75 Å². The van der Waals surface area contributed by atoms with Crippen LogP contribution in [0.3, 0.4) is 0 Å². The second-order valence-electron chi connectivity index (χ2n) is 6.72. The zero-order valence-electron chi connectivity index (χ0n) is 14.8. The van der Waals surface area contributed by atoms with Crippen LogP contribution in [0.2, 0.25) is 0 Å². The fourth-order valence-electron chi connectivity index (χ4n) is 3.26. The molecule has 0 radical (unpaired) electrons. The summed E-state index contributed by atoms with van der Waals surface area (Å²) in [5.74, 6) is -5.66. The van der Waals surface area contributed by atoms with Crippen molar-refractivity contribution in [2.75, 3.05) is 13.1 Å². The van der Waals surface area contributed by atoms with Crippen LogP contribution >= 0.6 is 0 Å². The molecule has 0 bridgehead atoms. The Hall–Kier alpha value is -3.17. The van der Waals surface area contributed by atoms with E-state index in [0.717, 1.165) is 23.2 Å². The third kappa shape index (κ3) is 3.74. The van der Waals surface area contributed by atoms with Crippen molar-refractivity contribution in [3.8, 4) is 5.75 Å². The number of amides is 2. The van der Waals surface area contributed by atoms with Crippen molar-refractivity contribution in [2.24, 2.45) is 5.10 Å². The number of hydrogen-bond acceptors (Lipinski definition) is 3. The van der Waals surface area contributed by atoms with Gasteiger partial charge in [0.25, 0.3) is 0 Å². The maximum absolute atomic E-state index is 13.7. The summed E-state index contributed by atoms with van der Waals surface area (Å²) in [5, 5.41) is 5.07. The number of urea groups is 1. The molecule has 152 valence electrons. The Morgan fingerprint density at radius 2 is 1.52 bits per heavy atom. The van der Waals surface area contributed by atoms with Gasteiger partial charge in [-0.3, -0.25) is 0 Å². The van der Waals surface area contributed by atoms with E-state index in [2.05, 4.69) is 5.10 Å². The van der Waals surface area contributed by atoms with Crippen LogP contribution in [0.25, 0.3) is 0 Å². The number of likely N-dealkylation sites (tertiary alicyclic amines) is 1. The molecule has 29 heavy (non-hydrogen) atoms. The Labute approximate surface area is 162 Å². The smallest absolute Gasteiger partial charge is 0.341 e. The molecule has 1 saturated heterocycles. The fraction of sp³-hybridized carbons (Fsp3) is 0.263. The van der Waals surface area contributed by atoms with Gasteiger partial charge in [-0.05, 0) is 17.7 Å². The van der Waals surface area contributed by atoms with Crippen LogP contribution in [0.15, 0.2) is 35.4 Å². The lowest BCUT2D eigenvalue weighted by Crippen LogP contribution is -2.59. The highest BCUT2D eigenvalue weighted by atomic mass is 19.2. The highest BCUT2D eigenvalue weighted by Gasteiger charge is 2.39. The number of benzene rings is 2. The molecule has 2 amide bonds. The first-order valence-corrected chi connectivity index (χ1v) is 8.69. The van der Waals surface area contributed by atoms with E-state index in [0.29, 0.717) is 12.1 Å². The van der Waals surface area contributed by atoms with E-state index in [4.69, 9.17) is 4.74 Å². The highest BCUT2D eigenvalue weighted by Crippen LogP contribution is 2.32. The molecule has 5 nitrogen and oxygen atoms in total. The van der Waals surface area contributed by atoms with Gasteiger partial charge >= 0.3 is 6.03 Å². The van der Waals surface area contributed by atoms with Crippen molar-refractivity contribution < 1.29 is 31.5 Å². The SMILES string of the molecule is O=C(N1CC(Oc2c(F)cc(F)cc2F)C1)N1N=CCC1c1cc(F)cc(F)c1. The molecule has 1 atom stereocenters. The number of halogens is 5. The summed E-state index contributed by atoms with van der Waals surface area (Å²) in [6.07, 6.45) is 1.06. The summed E-state index contributed by atoms with van der Waals surface area (Å²) in [6, 6.07) is 2.79. The first-order chi connectivity index (χ1) is 13.8. The number of carbonyl (C=O) groups is 1. The molecule has 4 rings (SSSR count). The van der Waals surface area contributed by atoms with Gasteiger partial charge in [0.15, 0.2) is 17.4 Å². The van der Waals surface area contributed by atoms with Gasteiger partial charge < -0.3 is 9.64 Å². The molecule has 0 spiro atoms. The maximum Gasteiger partial charge on any atom is 0.341 e. The summed E-state index contributed by atoms with van der Waals surface area (Å²) < 4.78 is 72.5. The standard InChI is InChI=1S/C19H14F5N3O2/c20-11-3-10(4-12(21)5-11)17-1-2-25-27(17)19(28)26-8-14(9-26)29-18-15(23)6-13(22)7-16(18)24/h2-7,14,17H,1,8-9H2. The van der Waals surface area contributed by atoms with Gasteiger partial charge in [-0.25, -0.2) is 31.8 Å². The molecule has 0 aliphatic carbocycles. The molecule has 2 aliphatic heterocycles. The molecule has 1 unspecified atom stereocenters. The number of hydrogen-bond donors (Lipinski definition) is 0. The lowest BCUT2D eigenvalue weighted by Gasteiger charge is -2.41. The Morgan fingerprint density at radius 3 is 2.14 bits per heavy atom. The average molecular weight is 411 g/mol. The van der Waals surface area contributed by atoms with Gasteiger partial charge in [0.1, 0.15) is 23.6 Å². The molecule has 2 aromatic carbocycles. The Morgan fingerprint density at radius 1 is 0.931 bits per heavy atom. The topological polar surface area (TPSA) is 45.1 Å². The monoisotopic (exact) mass is 411 g/mol. The average Bonchev–Trinajstić information content (AvgIpc) is 3.07. The molecule has 1 fully saturated rings. The lowest BCUT2D eigenvalue weighted by atomic mass is 10.0. The van der Waals surface area contributed by atoms with Crippen LogP contribution in [0.1, 0.15) is 18.0 Å². The van der Waals surface area contributed by atoms with Crippen LogP contribution in [0.4, 0.5) is 26.7 Å². The zero-order chi connectivity index (χ0) is 20.7. The largest absolute Gasteiger partial charge is 0.481 e. The van der Waals surface area contributed by atoms with Gasteiger partial charge in [-0.2, -0.15) is 5.10 Å². The third-order valence-electron chi connectivity index (χ3n) is 4.66. The molecular formula is C19H14F5N3O2. The van der Waals surface area contributed by atoms with Crippen molar-refractivity contribution >= 4 is 12.2 Å². The van der Waals surface area contributed by atoms with Crippen molar-refractivity contribution in [1.29, 1.82) is 0 Å². The van der Waals surface area contributed by atoms with Crippen LogP contribution in [-0.2, 0) is 0 Å². The van der Waals surface area contributed by atoms with E-state index in [1.807, 2.05) is 0 Å². The van der Waals surface area contributed by atoms with Crippen LogP contribution in [-0.4, -0.2) is 41.3 Å². The number of nitrogens with zero attached hydrogens (tertiary/aromatic N) is 3. The van der Waals surface area contributed by atoms with Gasteiger partial charge in [-0.15, -0.1) is 0 Å². The Kier molecular flexibility index (Phi) is 4.85. The zero-order valence-corrected chi connectivity index (χ0v) is 14.8. The predicted octanol–water partition coefficient (Wildman–Crippen LogP) is 4.00. The van der Waals surface area contributed by atoms with Crippen molar-refractivity contribution in [3.05, 3.63) is 65.0 Å². The summed E-state index contributed by atoms with van der Waals surface area (Å²) in [7, 11) is 0. The molecule has 0 N–H and O–H groups in total. The molecule has 10 heteroatoms. The van der Waals surface area contributed by atoms with E-state index < -0.39 is 53.0 Å². The molecule has 2 aliphatic rings. The highest BCUT2D eigenvalue weighted by molar-refractivity contribution is 5.79. The quantitative estimate of drug-likeness (QED) is 0.717. The number of rotatable bonds is 3. The summed E-state index contributed by atoms with van der Waals surface area (Å²) in [4.78, 5) is 14.0. The normalized spacial score (nSPS) is 18.9. The minimum absolute atomic E-state index is 0.0192. The summed E-state index contributed by atoms with van der Waals surface area (Å²) >= 11 is 0. The van der Waals surface area contributed by atoms with E-state index in [-0.39, 0.29) is 25.1 Å². The molecule has 2 aromatic rings. The van der Waals surface area contributed by atoms with E-state index >= 15 is 0 Å². The number of ether oxygens (including phenoxy) is 1. The van der Waals surface area contributed by atoms with Gasteiger partial charge in [-0.1, -0.05) is 0 Å². The third-order valence-corrected chi connectivity index (χ3v) is 4.66. The van der Waals surface area contributed by atoms with E-state index in [9.17, 15) is 26.7 Å². The van der Waals surface area contributed by atoms with Crippen molar-refractivity contribution in [3.63, 3.8) is 0 Å². The Balaban J connectivity index is 1.41. The van der Waals surface area contributed by atoms with Crippen molar-refractivity contribution in [1.82, 2.24) is 9.91 Å². The van der Waals surface area contributed by atoms with E-state index in [1.54, 1.807) is 0 Å². The molecule has 0 saturated carbocycles. The fourth-order valence-corrected chi connectivity index (χ4v) is 3.26. The van der Waals surface area contributed by atoms with E-state index in [1.165, 1.54) is 11.1 Å². The predicted molar refractivity (Wildman–Crippen MR) is 91.7 cm³/mol. The van der Waals surface area contributed by atoms with Crippen LogP contribution < -0.4 is 4.74 Å². The maximum atomic E-state index is 13.7. The molecule has 2 heterocycles. The minimum atomic E-state index is -1.18. The minimum Gasteiger partial charge on any atom is -0.481 e. The first kappa shape index (κ1) is 19.2. The second kappa shape index (κ2) is 7.34. The summed E-state index contributed by atoms with van der Waals surface area (Å²) in [5.41, 5.74) is 0.261. The lowest BCUT2D eigenvalue weighted by molar-refractivity contribution is 0.0234. The molecule has 0 aromatic heterocycles. The summed E-state index contributed by atoms with van der Waals surface area (Å²) in [6.45, 7) is 0.0384. The van der Waals surface area contributed by atoms with Gasteiger partial charge in [0.05, 0.1) is 19.1 Å². The number of carbonyl (C=O) groups excluding carboxylic acids is 1. The number of hydrazone groups is 1. The van der Waals surface area contributed by atoms with Gasteiger partial charge in [0.2, 0.25) is 0 Å². The second-order valence-corrected chi connectivity index (χ2v) is 6.72. The van der Waals surface area contributed by atoms with Crippen molar-refractivity contribution in [2.45, 2.75) is 18.6 Å². The Bertz CT molecular complexity index is 951.